The largest absolute Gasteiger partial charge is 0.494 e. The number of hydrazone groups is 1. The molecule has 0 radical (unpaired) electrons. The van der Waals surface area contributed by atoms with E-state index >= 15 is 0 Å². The Morgan fingerprint density at radius 1 is 0.926 bits per heavy atom. The van der Waals surface area contributed by atoms with Crippen molar-refractivity contribution in [1.29, 1.82) is 0 Å². The van der Waals surface area contributed by atoms with Gasteiger partial charge in [0.25, 0.3) is 0 Å². The lowest BCUT2D eigenvalue weighted by Crippen LogP contribution is -2.19. The maximum Gasteiger partial charge on any atom is 0.154 e. The lowest BCUT2D eigenvalue weighted by Gasteiger charge is -2.09. The van der Waals surface area contributed by atoms with Crippen molar-refractivity contribution in [3.8, 4) is 5.75 Å². The molecule has 0 spiro atoms. The molecule has 1 aliphatic heterocycles. The van der Waals surface area contributed by atoms with E-state index in [1.54, 1.807) is 0 Å². The predicted molar refractivity (Wildman–Crippen MR) is 113 cm³/mol. The normalized spacial score (nSPS) is 13.0. The molecule has 0 unspecified atom stereocenters. The summed E-state index contributed by atoms with van der Waals surface area (Å²) >= 11 is 3.56. The van der Waals surface area contributed by atoms with Gasteiger partial charge in [-0.3, -0.25) is 5.43 Å². The average molecular weight is 420 g/mol. The van der Waals surface area contributed by atoms with E-state index in [9.17, 15) is 0 Å². The Morgan fingerprint density at radius 3 is 2.44 bits per heavy atom. The minimum atomic E-state index is 0.645. The van der Waals surface area contributed by atoms with Gasteiger partial charge < -0.3 is 4.74 Å². The number of nitrogens with one attached hydrogen (secondary N) is 1. The fraction of sp³-hybridized carbons (Fsp3) is 0.0909. The molecule has 0 aromatic heterocycles. The van der Waals surface area contributed by atoms with Crippen molar-refractivity contribution in [2.45, 2.75) is 6.92 Å². The standard InChI is InChI=1S/C22H18BrN3O/c1-2-27-18-11-8-15(9-12-18)21-19-14-17(23)10-13-20(19)24-22(26-25-21)16-6-4-3-5-7-16/h3-14H,2H2,1H3,(H,24,26). The zero-order valence-corrected chi connectivity index (χ0v) is 16.4. The van der Waals surface area contributed by atoms with E-state index in [2.05, 4.69) is 26.5 Å². The van der Waals surface area contributed by atoms with E-state index in [1.165, 1.54) is 0 Å². The highest BCUT2D eigenvalue weighted by molar-refractivity contribution is 9.10. The van der Waals surface area contributed by atoms with Gasteiger partial charge in [-0.1, -0.05) is 46.3 Å². The zero-order chi connectivity index (χ0) is 18.6. The highest BCUT2D eigenvalue weighted by atomic mass is 79.9. The summed E-state index contributed by atoms with van der Waals surface area (Å²) in [6.07, 6.45) is 0. The van der Waals surface area contributed by atoms with Gasteiger partial charge in [-0.2, -0.15) is 5.10 Å². The van der Waals surface area contributed by atoms with Gasteiger partial charge >= 0.3 is 0 Å². The molecule has 27 heavy (non-hydrogen) atoms. The predicted octanol–water partition coefficient (Wildman–Crippen LogP) is 5.28. The second kappa shape index (κ2) is 7.76. The van der Waals surface area contributed by atoms with Crippen LogP contribution in [-0.4, -0.2) is 18.2 Å². The number of amidine groups is 1. The molecule has 3 aromatic rings. The third kappa shape index (κ3) is 3.78. The average Bonchev–Trinajstić information content (AvgIpc) is 2.89. The van der Waals surface area contributed by atoms with Crippen molar-refractivity contribution in [2.24, 2.45) is 10.1 Å². The second-order valence-corrected chi connectivity index (χ2v) is 6.93. The van der Waals surface area contributed by atoms with Crippen molar-refractivity contribution in [2.75, 3.05) is 6.61 Å². The molecule has 0 saturated heterocycles. The molecule has 5 heteroatoms. The van der Waals surface area contributed by atoms with Crippen LogP contribution >= 0.6 is 15.9 Å². The van der Waals surface area contributed by atoms with E-state index in [0.29, 0.717) is 6.61 Å². The summed E-state index contributed by atoms with van der Waals surface area (Å²) < 4.78 is 6.54. The van der Waals surface area contributed by atoms with Gasteiger partial charge in [0.1, 0.15) is 11.5 Å². The summed E-state index contributed by atoms with van der Waals surface area (Å²) in [5, 5.41) is 4.68. The van der Waals surface area contributed by atoms with Gasteiger partial charge in [0, 0.05) is 21.2 Å². The lowest BCUT2D eigenvalue weighted by molar-refractivity contribution is 0.340. The van der Waals surface area contributed by atoms with Crippen LogP contribution in [0.3, 0.4) is 0 Å². The maximum absolute atomic E-state index is 5.55. The lowest BCUT2D eigenvalue weighted by atomic mass is 10.0. The van der Waals surface area contributed by atoms with Crippen LogP contribution in [0, 0.1) is 0 Å². The van der Waals surface area contributed by atoms with Crippen molar-refractivity contribution < 1.29 is 4.74 Å². The molecule has 0 atom stereocenters. The third-order valence-electron chi connectivity index (χ3n) is 4.21. The van der Waals surface area contributed by atoms with Crippen LogP contribution in [0.5, 0.6) is 5.75 Å². The quantitative estimate of drug-likeness (QED) is 0.624. The SMILES string of the molecule is CCOc1ccc(C2=NNC(c3ccccc3)=Nc3ccc(Br)cc32)cc1. The van der Waals surface area contributed by atoms with Gasteiger partial charge in [0.05, 0.1) is 12.3 Å². The van der Waals surface area contributed by atoms with Crippen molar-refractivity contribution in [1.82, 2.24) is 5.43 Å². The molecule has 0 aliphatic carbocycles. The summed E-state index contributed by atoms with van der Waals surface area (Å²) in [6, 6.07) is 24.0. The van der Waals surface area contributed by atoms with Crippen molar-refractivity contribution in [3.05, 3.63) is 94.0 Å². The van der Waals surface area contributed by atoms with E-state index < -0.39 is 0 Å². The van der Waals surface area contributed by atoms with E-state index in [1.807, 2.05) is 79.7 Å². The summed E-state index contributed by atoms with van der Waals surface area (Å²) in [5.41, 5.74) is 7.80. The third-order valence-corrected chi connectivity index (χ3v) is 4.70. The Kier molecular flexibility index (Phi) is 5.03. The first-order valence-electron chi connectivity index (χ1n) is 8.75. The first kappa shape index (κ1) is 17.5. The maximum atomic E-state index is 5.55. The molecular formula is C22H18BrN3O. The van der Waals surface area contributed by atoms with Crippen LogP contribution in [-0.2, 0) is 0 Å². The van der Waals surface area contributed by atoms with Gasteiger partial charge in [-0.25, -0.2) is 4.99 Å². The first-order valence-corrected chi connectivity index (χ1v) is 9.55. The first-order chi connectivity index (χ1) is 13.2. The molecule has 0 saturated carbocycles. The minimum absolute atomic E-state index is 0.645. The fourth-order valence-corrected chi connectivity index (χ4v) is 3.29. The smallest absolute Gasteiger partial charge is 0.154 e. The van der Waals surface area contributed by atoms with Crippen LogP contribution in [0.4, 0.5) is 5.69 Å². The van der Waals surface area contributed by atoms with Crippen molar-refractivity contribution in [3.63, 3.8) is 0 Å². The second-order valence-electron chi connectivity index (χ2n) is 6.02. The number of aliphatic imine (C=N–C) groups is 1. The number of rotatable bonds is 4. The number of hydrogen-bond donors (Lipinski definition) is 1. The fourth-order valence-electron chi connectivity index (χ4n) is 2.93. The molecule has 4 nitrogen and oxygen atoms in total. The van der Waals surface area contributed by atoms with Crippen LogP contribution < -0.4 is 10.2 Å². The number of nitrogens with zero attached hydrogens (tertiary/aromatic N) is 2. The molecular weight excluding hydrogens is 402 g/mol. The molecule has 1 aliphatic rings. The highest BCUT2D eigenvalue weighted by Gasteiger charge is 2.17. The van der Waals surface area contributed by atoms with E-state index in [-0.39, 0.29) is 0 Å². The molecule has 0 bridgehead atoms. The molecule has 0 fully saturated rings. The van der Waals surface area contributed by atoms with Crippen LogP contribution in [0.2, 0.25) is 0 Å². The molecule has 0 amide bonds. The number of fused-ring (bicyclic) bond motifs is 1. The Labute approximate surface area is 166 Å². The molecule has 134 valence electrons. The Morgan fingerprint density at radius 2 is 1.70 bits per heavy atom. The van der Waals surface area contributed by atoms with E-state index in [0.717, 1.165) is 44.1 Å². The minimum Gasteiger partial charge on any atom is -0.494 e. The summed E-state index contributed by atoms with van der Waals surface area (Å²) in [5.74, 6) is 1.57. The zero-order valence-electron chi connectivity index (χ0n) is 14.8. The Bertz CT molecular complexity index is 1010. The van der Waals surface area contributed by atoms with E-state index in [4.69, 9.17) is 9.73 Å². The van der Waals surface area contributed by atoms with Crippen molar-refractivity contribution >= 4 is 33.2 Å². The highest BCUT2D eigenvalue weighted by Crippen LogP contribution is 2.29. The number of benzene rings is 3. The number of halogens is 1. The summed E-state index contributed by atoms with van der Waals surface area (Å²) in [4.78, 5) is 4.82. The molecule has 1 heterocycles. The topological polar surface area (TPSA) is 46.0 Å². The van der Waals surface area contributed by atoms with Gasteiger partial charge in [0.2, 0.25) is 0 Å². The molecule has 4 rings (SSSR count). The number of hydrogen-bond acceptors (Lipinski definition) is 4. The summed E-state index contributed by atoms with van der Waals surface area (Å²) in [7, 11) is 0. The number of ether oxygens (including phenoxy) is 1. The molecule has 3 aromatic carbocycles. The van der Waals surface area contributed by atoms with Crippen LogP contribution in [0.1, 0.15) is 23.6 Å². The van der Waals surface area contributed by atoms with Gasteiger partial charge in [-0.15, -0.1) is 0 Å². The monoisotopic (exact) mass is 419 g/mol. The Hall–Kier alpha value is -2.92. The summed E-state index contributed by atoms with van der Waals surface area (Å²) in [6.45, 7) is 2.62. The van der Waals surface area contributed by atoms with Gasteiger partial charge in [-0.05, 0) is 49.4 Å². The van der Waals surface area contributed by atoms with Crippen LogP contribution in [0.15, 0.2) is 87.4 Å². The Balaban J connectivity index is 1.80. The van der Waals surface area contributed by atoms with Gasteiger partial charge in [0.15, 0.2) is 5.84 Å². The molecule has 1 N–H and O–H groups in total. The van der Waals surface area contributed by atoms with Crippen LogP contribution in [0.25, 0.3) is 0 Å².